The van der Waals surface area contributed by atoms with Crippen LogP contribution in [0.5, 0.6) is 11.5 Å². The zero-order chi connectivity index (χ0) is 34.0. The molecule has 9 heteroatoms. The number of likely N-dealkylation sites (tertiary alicyclic amines) is 1. The predicted molar refractivity (Wildman–Crippen MR) is 180 cm³/mol. The molecule has 1 amide bonds. The fourth-order valence-corrected chi connectivity index (χ4v) is 9.55. The van der Waals surface area contributed by atoms with Gasteiger partial charge in [0.2, 0.25) is 5.91 Å². The Morgan fingerprint density at radius 2 is 1.84 bits per heavy atom. The molecule has 2 bridgehead atoms. The molecular formula is C40H43F3N2O4. The molecule has 0 aromatic heterocycles. The van der Waals surface area contributed by atoms with Crippen LogP contribution in [0, 0.1) is 5.92 Å². The van der Waals surface area contributed by atoms with Crippen molar-refractivity contribution < 1.29 is 32.9 Å². The van der Waals surface area contributed by atoms with Crippen LogP contribution in [0.3, 0.4) is 0 Å². The maximum absolute atomic E-state index is 14.2. The second-order valence-corrected chi connectivity index (χ2v) is 14.8. The summed E-state index contributed by atoms with van der Waals surface area (Å²) in [6.07, 6.45) is 5.01. The van der Waals surface area contributed by atoms with Crippen molar-refractivity contribution in [1.82, 2.24) is 9.80 Å². The second-order valence-electron chi connectivity index (χ2n) is 14.8. The lowest BCUT2D eigenvalue weighted by Crippen LogP contribution is -2.78. The number of halogens is 3. The van der Waals surface area contributed by atoms with Gasteiger partial charge in [0.05, 0.1) is 22.6 Å². The summed E-state index contributed by atoms with van der Waals surface area (Å²) in [5.74, 6) is 0.853. The normalized spacial score (nSPS) is 28.7. The van der Waals surface area contributed by atoms with Crippen molar-refractivity contribution in [3.8, 4) is 11.5 Å². The van der Waals surface area contributed by atoms with Crippen molar-refractivity contribution in [2.75, 3.05) is 19.6 Å². The third-order valence-corrected chi connectivity index (χ3v) is 12.0. The summed E-state index contributed by atoms with van der Waals surface area (Å²) < 4.78 is 47.1. The lowest BCUT2D eigenvalue weighted by atomic mass is 9.48. The van der Waals surface area contributed by atoms with Gasteiger partial charge in [-0.3, -0.25) is 9.69 Å². The molecule has 49 heavy (non-hydrogen) atoms. The van der Waals surface area contributed by atoms with Crippen LogP contribution in [0.2, 0.25) is 0 Å². The molecule has 258 valence electrons. The van der Waals surface area contributed by atoms with E-state index in [0.29, 0.717) is 49.5 Å². The van der Waals surface area contributed by atoms with E-state index in [2.05, 4.69) is 17.0 Å². The first-order chi connectivity index (χ1) is 23.6. The third kappa shape index (κ3) is 5.53. The quantitative estimate of drug-likeness (QED) is 0.181. The van der Waals surface area contributed by atoms with Gasteiger partial charge in [-0.1, -0.05) is 48.5 Å². The van der Waals surface area contributed by atoms with Crippen molar-refractivity contribution >= 4 is 12.0 Å². The van der Waals surface area contributed by atoms with E-state index < -0.39 is 34.9 Å². The Bertz CT molecular complexity index is 1760. The minimum atomic E-state index is -4.48. The fourth-order valence-electron chi connectivity index (χ4n) is 9.55. The second kappa shape index (κ2) is 12.2. The molecular weight excluding hydrogens is 629 g/mol. The average Bonchev–Trinajstić information content (AvgIpc) is 3.83. The highest BCUT2D eigenvalue weighted by atomic mass is 19.4. The Morgan fingerprint density at radius 3 is 2.61 bits per heavy atom. The molecule has 3 aliphatic carbocycles. The highest BCUT2D eigenvalue weighted by Crippen LogP contribution is 2.66. The minimum absolute atomic E-state index is 0.0488. The summed E-state index contributed by atoms with van der Waals surface area (Å²) in [4.78, 5) is 18.5. The number of aromatic hydroxyl groups is 1. The number of rotatable bonds is 10. The van der Waals surface area contributed by atoms with Crippen molar-refractivity contribution in [3.05, 3.63) is 101 Å². The number of aryl methyl sites for hydroxylation is 1. The van der Waals surface area contributed by atoms with E-state index in [1.807, 2.05) is 29.2 Å². The maximum Gasteiger partial charge on any atom is 0.416 e. The van der Waals surface area contributed by atoms with E-state index in [1.165, 1.54) is 36.6 Å². The summed E-state index contributed by atoms with van der Waals surface area (Å²) in [7, 11) is 0. The number of amides is 1. The number of aliphatic hydroxyl groups is 1. The molecule has 2 heterocycles. The van der Waals surface area contributed by atoms with Crippen molar-refractivity contribution in [2.24, 2.45) is 5.92 Å². The number of nitrogens with zero attached hydrogens (tertiary/aromatic N) is 2. The topological polar surface area (TPSA) is 73.2 Å². The Hall–Kier alpha value is -3.82. The molecule has 0 radical (unpaired) electrons. The lowest BCUT2D eigenvalue weighted by molar-refractivity contribution is -0.201. The highest BCUT2D eigenvalue weighted by Gasteiger charge is 2.73. The number of phenolic OH excluding ortho intramolecular Hbond substituents is 1. The van der Waals surface area contributed by atoms with Gasteiger partial charge in [0.15, 0.2) is 11.5 Å². The summed E-state index contributed by atoms with van der Waals surface area (Å²) in [6.45, 7) is 2.22. The molecule has 8 rings (SSSR count). The maximum atomic E-state index is 14.2. The number of piperidine rings is 1. The van der Waals surface area contributed by atoms with Gasteiger partial charge >= 0.3 is 6.18 Å². The first-order valence-corrected chi connectivity index (χ1v) is 17.8. The number of phenols is 1. The van der Waals surface area contributed by atoms with Gasteiger partial charge in [-0.25, -0.2) is 0 Å². The number of alkyl halides is 3. The van der Waals surface area contributed by atoms with E-state index in [0.717, 1.165) is 55.6 Å². The van der Waals surface area contributed by atoms with Gasteiger partial charge in [-0.05, 0) is 111 Å². The molecule has 3 aromatic rings. The van der Waals surface area contributed by atoms with Gasteiger partial charge in [-0.2, -0.15) is 13.2 Å². The molecule has 2 aliphatic heterocycles. The average molecular weight is 673 g/mol. The number of hydrogen-bond donors (Lipinski definition) is 2. The van der Waals surface area contributed by atoms with Gasteiger partial charge < -0.3 is 19.8 Å². The molecule has 2 saturated carbocycles. The number of benzene rings is 3. The van der Waals surface area contributed by atoms with Crippen LogP contribution in [-0.2, 0) is 29.2 Å². The zero-order valence-electron chi connectivity index (χ0n) is 27.5. The molecule has 0 unspecified atom stereocenters. The molecule has 3 aromatic carbocycles. The van der Waals surface area contributed by atoms with Crippen LogP contribution in [0.25, 0.3) is 6.08 Å². The van der Waals surface area contributed by atoms with E-state index >= 15 is 0 Å². The number of carbonyl (C=O) groups is 1. The summed E-state index contributed by atoms with van der Waals surface area (Å²) in [5.41, 5.74) is 0.882. The van der Waals surface area contributed by atoms with E-state index in [1.54, 1.807) is 12.1 Å². The minimum Gasteiger partial charge on any atom is -0.504 e. The summed E-state index contributed by atoms with van der Waals surface area (Å²) in [5, 5.41) is 24.0. The summed E-state index contributed by atoms with van der Waals surface area (Å²) in [6, 6.07) is 18.3. The Balaban J connectivity index is 1.12. The van der Waals surface area contributed by atoms with Crippen molar-refractivity contribution in [3.63, 3.8) is 0 Å². The van der Waals surface area contributed by atoms with E-state index in [-0.39, 0.29) is 17.7 Å². The largest absolute Gasteiger partial charge is 0.504 e. The molecule has 6 nitrogen and oxygen atoms in total. The standard InChI is InChI=1S/C40H43F3N2O4/c41-40(42,43)30-11-6-10-27(23-30)14-17-34(47)45(21-5-4-9-26-7-2-1-3-8-26)31-18-19-39(48)33-24-29-15-16-32(46)36-35(29)38(39,37(31)49-36)20-22-44(33)25-28-12-13-28/h1-3,6-8,10-11,14-17,23,28,31,33,37,46,48H,4-5,9,12-13,18-22,24-25H2/t31-,33+,37-,38-,39+/m0/s1. The van der Waals surface area contributed by atoms with Crippen LogP contribution < -0.4 is 4.74 Å². The van der Waals surface area contributed by atoms with Crippen LogP contribution in [-0.4, -0.2) is 69.3 Å². The van der Waals surface area contributed by atoms with Gasteiger partial charge in [-0.15, -0.1) is 0 Å². The molecule has 1 saturated heterocycles. The number of carbonyl (C=O) groups excluding carboxylic acids is 1. The van der Waals surface area contributed by atoms with Crippen molar-refractivity contribution in [2.45, 2.75) is 93.2 Å². The van der Waals surface area contributed by atoms with E-state index in [4.69, 9.17) is 4.74 Å². The molecule has 2 N–H and O–H groups in total. The van der Waals surface area contributed by atoms with E-state index in [9.17, 15) is 28.2 Å². The van der Waals surface area contributed by atoms with Crippen LogP contribution in [0.15, 0.2) is 72.8 Å². The lowest BCUT2D eigenvalue weighted by Gasteiger charge is -2.65. The zero-order valence-corrected chi connectivity index (χ0v) is 27.5. The molecule has 1 spiro atoms. The van der Waals surface area contributed by atoms with Gasteiger partial charge in [0.25, 0.3) is 0 Å². The van der Waals surface area contributed by atoms with Crippen molar-refractivity contribution in [1.29, 1.82) is 0 Å². The number of unbranched alkanes of at least 4 members (excludes halogenated alkanes) is 1. The summed E-state index contributed by atoms with van der Waals surface area (Å²) >= 11 is 0. The monoisotopic (exact) mass is 672 g/mol. The third-order valence-electron chi connectivity index (χ3n) is 12.0. The van der Waals surface area contributed by atoms with Gasteiger partial charge in [0.1, 0.15) is 6.10 Å². The molecule has 5 atom stereocenters. The first kappa shape index (κ1) is 32.4. The Morgan fingerprint density at radius 1 is 1.02 bits per heavy atom. The predicted octanol–water partition coefficient (Wildman–Crippen LogP) is 6.91. The van der Waals surface area contributed by atoms with Crippen LogP contribution in [0.1, 0.15) is 72.8 Å². The Labute approximate surface area is 285 Å². The van der Waals surface area contributed by atoms with Gasteiger partial charge in [0, 0.05) is 30.8 Å². The first-order valence-electron chi connectivity index (χ1n) is 17.8. The smallest absolute Gasteiger partial charge is 0.416 e. The van der Waals surface area contributed by atoms with Crippen LogP contribution >= 0.6 is 0 Å². The fraction of sp³-hybridized carbons (Fsp3) is 0.475. The van der Waals surface area contributed by atoms with Crippen LogP contribution in [0.4, 0.5) is 13.2 Å². The highest BCUT2D eigenvalue weighted by molar-refractivity contribution is 5.92. The molecule has 5 aliphatic rings. The number of ether oxygens (including phenoxy) is 1. The Kier molecular flexibility index (Phi) is 8.06. The molecule has 3 fully saturated rings. The SMILES string of the molecule is O=C(C=Cc1cccc(C(F)(F)F)c1)N(CCCCc1ccccc1)[C@H]1CC[C@@]2(O)[C@H]3Cc4ccc(O)c5c4[C@@]2(CCN3CC2CC2)[C@H]1O5. The number of hydrogen-bond acceptors (Lipinski definition) is 5.